The number of fused-ring (bicyclic) bond motifs is 1. The number of amides is 1. The molecule has 2 heterocycles. The molecule has 2 aromatic carbocycles. The zero-order valence-corrected chi connectivity index (χ0v) is 15.0. The molecule has 4 nitrogen and oxygen atoms in total. The molecule has 0 atom stereocenters. The number of carbonyl (C=O) groups is 1. The standard InChI is InChI=1S/C22H21N3O/c1-15-7-8-19(11-16(15)2)24-20-12-18(13-23-14-20)22(26)25-10-9-17-5-3-4-6-21(17)25/h3-8,11-14,24H,9-10H2,1-2H3. The highest BCUT2D eigenvalue weighted by molar-refractivity contribution is 6.07. The van der Waals surface area contributed by atoms with Crippen molar-refractivity contribution >= 4 is 23.0 Å². The number of carbonyl (C=O) groups excluding carboxylic acids is 1. The molecule has 0 bridgehead atoms. The van der Waals surface area contributed by atoms with Gasteiger partial charge >= 0.3 is 0 Å². The van der Waals surface area contributed by atoms with Crippen LogP contribution in [-0.2, 0) is 6.42 Å². The first-order valence-electron chi connectivity index (χ1n) is 8.81. The van der Waals surface area contributed by atoms with E-state index in [9.17, 15) is 4.79 Å². The van der Waals surface area contributed by atoms with E-state index in [4.69, 9.17) is 0 Å². The average Bonchev–Trinajstić information content (AvgIpc) is 3.08. The van der Waals surface area contributed by atoms with Crippen LogP contribution in [0.25, 0.3) is 0 Å². The Hall–Kier alpha value is -3.14. The topological polar surface area (TPSA) is 45.2 Å². The van der Waals surface area contributed by atoms with Gasteiger partial charge in [0.05, 0.1) is 17.4 Å². The maximum atomic E-state index is 13.0. The molecule has 1 N–H and O–H groups in total. The molecule has 0 fully saturated rings. The lowest BCUT2D eigenvalue weighted by molar-refractivity contribution is 0.0989. The largest absolute Gasteiger partial charge is 0.354 e. The van der Waals surface area contributed by atoms with E-state index in [1.54, 1.807) is 12.4 Å². The Kier molecular flexibility index (Phi) is 4.17. The molecule has 0 radical (unpaired) electrons. The van der Waals surface area contributed by atoms with Crippen LogP contribution in [0.15, 0.2) is 60.9 Å². The van der Waals surface area contributed by atoms with E-state index >= 15 is 0 Å². The van der Waals surface area contributed by atoms with Crippen LogP contribution in [0.4, 0.5) is 17.1 Å². The number of nitrogens with zero attached hydrogens (tertiary/aromatic N) is 2. The fraction of sp³-hybridized carbons (Fsp3) is 0.182. The van der Waals surface area contributed by atoms with Crippen LogP contribution in [0.1, 0.15) is 27.0 Å². The third kappa shape index (κ3) is 3.06. The molecule has 1 amide bonds. The number of rotatable bonds is 3. The number of nitrogens with one attached hydrogen (secondary N) is 1. The van der Waals surface area contributed by atoms with Gasteiger partial charge in [0.15, 0.2) is 0 Å². The van der Waals surface area contributed by atoms with Crippen LogP contribution in [0.3, 0.4) is 0 Å². The molecular formula is C22H21N3O. The van der Waals surface area contributed by atoms with Gasteiger partial charge in [0.25, 0.3) is 5.91 Å². The van der Waals surface area contributed by atoms with Gasteiger partial charge in [0.2, 0.25) is 0 Å². The summed E-state index contributed by atoms with van der Waals surface area (Å²) in [7, 11) is 0. The van der Waals surface area contributed by atoms with Crippen LogP contribution >= 0.6 is 0 Å². The predicted molar refractivity (Wildman–Crippen MR) is 105 cm³/mol. The van der Waals surface area contributed by atoms with E-state index in [-0.39, 0.29) is 5.91 Å². The Morgan fingerprint density at radius 2 is 1.85 bits per heavy atom. The van der Waals surface area contributed by atoms with Crippen molar-refractivity contribution in [3.63, 3.8) is 0 Å². The van der Waals surface area contributed by atoms with Gasteiger partial charge in [-0.3, -0.25) is 9.78 Å². The number of anilines is 3. The summed E-state index contributed by atoms with van der Waals surface area (Å²) in [5.41, 5.74) is 7.10. The summed E-state index contributed by atoms with van der Waals surface area (Å²) in [4.78, 5) is 19.1. The van der Waals surface area contributed by atoms with Gasteiger partial charge in [-0.05, 0) is 61.2 Å². The van der Waals surface area contributed by atoms with Gasteiger partial charge in [-0.1, -0.05) is 24.3 Å². The summed E-state index contributed by atoms with van der Waals surface area (Å²) in [5, 5.41) is 3.34. The zero-order chi connectivity index (χ0) is 18.1. The molecule has 0 saturated heterocycles. The lowest BCUT2D eigenvalue weighted by atomic mass is 10.1. The summed E-state index contributed by atoms with van der Waals surface area (Å²) < 4.78 is 0. The highest BCUT2D eigenvalue weighted by Gasteiger charge is 2.25. The lowest BCUT2D eigenvalue weighted by Gasteiger charge is -2.17. The normalized spacial score (nSPS) is 12.8. The second-order valence-corrected chi connectivity index (χ2v) is 6.72. The first-order chi connectivity index (χ1) is 12.6. The molecule has 0 saturated carbocycles. The van der Waals surface area contributed by atoms with Crippen molar-refractivity contribution < 1.29 is 4.79 Å². The molecular weight excluding hydrogens is 322 g/mol. The fourth-order valence-electron chi connectivity index (χ4n) is 3.32. The van der Waals surface area contributed by atoms with Gasteiger partial charge in [-0.15, -0.1) is 0 Å². The van der Waals surface area contributed by atoms with E-state index < -0.39 is 0 Å². The predicted octanol–water partition coefficient (Wildman–Crippen LogP) is 4.64. The van der Waals surface area contributed by atoms with Crippen molar-refractivity contribution in [2.24, 2.45) is 0 Å². The maximum absolute atomic E-state index is 13.0. The molecule has 0 aliphatic carbocycles. The lowest BCUT2D eigenvalue weighted by Crippen LogP contribution is -2.29. The Morgan fingerprint density at radius 3 is 2.69 bits per heavy atom. The summed E-state index contributed by atoms with van der Waals surface area (Å²) in [6.07, 6.45) is 4.27. The number of hydrogen-bond donors (Lipinski definition) is 1. The van der Waals surface area contributed by atoms with Crippen LogP contribution in [0, 0.1) is 13.8 Å². The Labute approximate surface area is 153 Å². The molecule has 130 valence electrons. The van der Waals surface area contributed by atoms with Crippen molar-refractivity contribution in [2.75, 3.05) is 16.8 Å². The van der Waals surface area contributed by atoms with Crippen molar-refractivity contribution in [1.29, 1.82) is 0 Å². The van der Waals surface area contributed by atoms with Crippen LogP contribution in [-0.4, -0.2) is 17.4 Å². The van der Waals surface area contributed by atoms with Crippen molar-refractivity contribution in [3.05, 3.63) is 83.2 Å². The van der Waals surface area contributed by atoms with E-state index in [2.05, 4.69) is 42.3 Å². The number of pyridine rings is 1. The molecule has 26 heavy (non-hydrogen) atoms. The Bertz CT molecular complexity index is 981. The number of benzene rings is 2. The van der Waals surface area contributed by atoms with Gasteiger partial charge in [0.1, 0.15) is 0 Å². The Morgan fingerprint density at radius 1 is 1.00 bits per heavy atom. The second kappa shape index (κ2) is 6.64. The summed E-state index contributed by atoms with van der Waals surface area (Å²) >= 11 is 0. The van der Waals surface area contributed by atoms with Crippen molar-refractivity contribution in [2.45, 2.75) is 20.3 Å². The average molecular weight is 343 g/mol. The first kappa shape index (κ1) is 16.3. The monoisotopic (exact) mass is 343 g/mol. The molecule has 1 aromatic heterocycles. The number of aryl methyl sites for hydroxylation is 2. The molecule has 0 unspecified atom stereocenters. The quantitative estimate of drug-likeness (QED) is 0.753. The molecule has 3 aromatic rings. The number of para-hydroxylation sites is 1. The van der Waals surface area contributed by atoms with Gasteiger partial charge in [0, 0.05) is 24.1 Å². The van der Waals surface area contributed by atoms with E-state index in [1.165, 1.54) is 16.7 Å². The molecule has 0 spiro atoms. The van der Waals surface area contributed by atoms with E-state index in [0.717, 1.165) is 23.5 Å². The summed E-state index contributed by atoms with van der Waals surface area (Å²) in [5.74, 6) is -0.00816. The van der Waals surface area contributed by atoms with Gasteiger partial charge in [-0.25, -0.2) is 0 Å². The van der Waals surface area contributed by atoms with Gasteiger partial charge < -0.3 is 10.2 Å². The SMILES string of the molecule is Cc1ccc(Nc2cncc(C(=O)N3CCc4ccccc43)c2)cc1C. The van der Waals surface area contributed by atoms with E-state index in [1.807, 2.05) is 35.2 Å². The molecule has 1 aliphatic rings. The number of hydrogen-bond acceptors (Lipinski definition) is 3. The van der Waals surface area contributed by atoms with Gasteiger partial charge in [-0.2, -0.15) is 0 Å². The fourth-order valence-corrected chi connectivity index (χ4v) is 3.32. The highest BCUT2D eigenvalue weighted by Crippen LogP contribution is 2.29. The summed E-state index contributed by atoms with van der Waals surface area (Å²) in [6.45, 7) is 4.89. The first-order valence-corrected chi connectivity index (χ1v) is 8.81. The summed E-state index contributed by atoms with van der Waals surface area (Å²) in [6, 6.07) is 16.2. The minimum absolute atomic E-state index is 0.00816. The minimum Gasteiger partial charge on any atom is -0.354 e. The smallest absolute Gasteiger partial charge is 0.259 e. The molecule has 4 heteroatoms. The van der Waals surface area contributed by atoms with Crippen molar-refractivity contribution in [3.8, 4) is 0 Å². The highest BCUT2D eigenvalue weighted by atomic mass is 16.2. The maximum Gasteiger partial charge on any atom is 0.259 e. The van der Waals surface area contributed by atoms with Crippen LogP contribution < -0.4 is 10.2 Å². The number of aromatic nitrogens is 1. The van der Waals surface area contributed by atoms with E-state index in [0.29, 0.717) is 12.1 Å². The second-order valence-electron chi connectivity index (χ2n) is 6.72. The van der Waals surface area contributed by atoms with Crippen molar-refractivity contribution in [1.82, 2.24) is 4.98 Å². The zero-order valence-electron chi connectivity index (χ0n) is 15.0. The molecule has 1 aliphatic heterocycles. The molecule has 4 rings (SSSR count). The van der Waals surface area contributed by atoms with Crippen LogP contribution in [0.5, 0.6) is 0 Å². The third-order valence-electron chi connectivity index (χ3n) is 4.91. The Balaban J connectivity index is 1.58. The van der Waals surface area contributed by atoms with Crippen LogP contribution in [0.2, 0.25) is 0 Å². The minimum atomic E-state index is -0.00816. The third-order valence-corrected chi connectivity index (χ3v) is 4.91.